The summed E-state index contributed by atoms with van der Waals surface area (Å²) in [7, 11) is 0. The topological polar surface area (TPSA) is 12.4 Å². The molecular weight excluding hydrogens is 274 g/mol. The van der Waals surface area contributed by atoms with E-state index >= 15 is 0 Å². The molecule has 86 valence electrons. The van der Waals surface area contributed by atoms with Crippen LogP contribution < -0.4 is 0 Å². The maximum atomic E-state index is 4.53. The molecule has 1 nitrogen and oxygen atoms in total. The van der Waals surface area contributed by atoms with Gasteiger partial charge in [0.25, 0.3) is 0 Å². The molecule has 0 aromatic heterocycles. The van der Waals surface area contributed by atoms with E-state index < -0.39 is 0 Å². The second kappa shape index (κ2) is 5.28. The van der Waals surface area contributed by atoms with Crippen LogP contribution in [0.4, 0.5) is 5.69 Å². The summed E-state index contributed by atoms with van der Waals surface area (Å²) in [6.07, 6.45) is 1.90. The standard InChI is InChI=1S/C15H14BrN/c1-11-4-3-5-15(12(11)2)17-10-13-6-8-14(16)9-7-13/h3-10H,1-2H3. The van der Waals surface area contributed by atoms with Crippen LogP contribution in [0.15, 0.2) is 51.9 Å². The quantitative estimate of drug-likeness (QED) is 0.703. The summed E-state index contributed by atoms with van der Waals surface area (Å²) < 4.78 is 1.08. The Morgan fingerprint density at radius 1 is 1.00 bits per heavy atom. The van der Waals surface area contributed by atoms with Crippen LogP contribution in [0.3, 0.4) is 0 Å². The van der Waals surface area contributed by atoms with Gasteiger partial charge in [0, 0.05) is 10.7 Å². The molecule has 0 heterocycles. The Bertz CT molecular complexity index is 541. The molecule has 2 aromatic carbocycles. The zero-order valence-electron chi connectivity index (χ0n) is 9.94. The van der Waals surface area contributed by atoms with E-state index in [0.29, 0.717) is 0 Å². The lowest BCUT2D eigenvalue weighted by Crippen LogP contribution is -1.83. The molecule has 0 aliphatic carbocycles. The van der Waals surface area contributed by atoms with Gasteiger partial charge >= 0.3 is 0 Å². The van der Waals surface area contributed by atoms with Gasteiger partial charge in [-0.2, -0.15) is 0 Å². The highest BCUT2D eigenvalue weighted by atomic mass is 79.9. The van der Waals surface area contributed by atoms with Crippen LogP contribution >= 0.6 is 15.9 Å². The monoisotopic (exact) mass is 287 g/mol. The van der Waals surface area contributed by atoms with Crippen molar-refractivity contribution in [3.05, 3.63) is 63.6 Å². The average Bonchev–Trinajstić information content (AvgIpc) is 2.33. The van der Waals surface area contributed by atoms with E-state index in [1.54, 1.807) is 0 Å². The SMILES string of the molecule is Cc1cccc(N=Cc2ccc(Br)cc2)c1C. The Kier molecular flexibility index (Phi) is 3.75. The molecule has 0 saturated carbocycles. The smallest absolute Gasteiger partial charge is 0.0661 e. The summed E-state index contributed by atoms with van der Waals surface area (Å²) in [6, 6.07) is 14.3. The fourth-order valence-electron chi connectivity index (χ4n) is 1.57. The lowest BCUT2D eigenvalue weighted by molar-refractivity contribution is 1.31. The Labute approximate surface area is 110 Å². The summed E-state index contributed by atoms with van der Waals surface area (Å²) in [5.74, 6) is 0. The highest BCUT2D eigenvalue weighted by molar-refractivity contribution is 9.10. The number of aryl methyl sites for hydroxylation is 1. The Morgan fingerprint density at radius 2 is 1.71 bits per heavy atom. The van der Waals surface area contributed by atoms with Crippen LogP contribution in [0.1, 0.15) is 16.7 Å². The number of rotatable bonds is 2. The number of hydrogen-bond donors (Lipinski definition) is 0. The number of aliphatic imine (C=N–C) groups is 1. The van der Waals surface area contributed by atoms with Crippen LogP contribution in [-0.2, 0) is 0 Å². The van der Waals surface area contributed by atoms with Crippen molar-refractivity contribution in [2.24, 2.45) is 4.99 Å². The molecule has 2 rings (SSSR count). The molecule has 17 heavy (non-hydrogen) atoms. The maximum absolute atomic E-state index is 4.53. The van der Waals surface area contributed by atoms with E-state index in [1.807, 2.05) is 42.6 Å². The van der Waals surface area contributed by atoms with Gasteiger partial charge in [0.1, 0.15) is 0 Å². The van der Waals surface area contributed by atoms with Gasteiger partial charge < -0.3 is 0 Å². The van der Waals surface area contributed by atoms with Crippen molar-refractivity contribution < 1.29 is 0 Å². The van der Waals surface area contributed by atoms with E-state index in [0.717, 1.165) is 15.7 Å². The third-order valence-corrected chi connectivity index (χ3v) is 3.33. The molecule has 0 spiro atoms. The van der Waals surface area contributed by atoms with Gasteiger partial charge in [0.05, 0.1) is 5.69 Å². The summed E-state index contributed by atoms with van der Waals surface area (Å²) in [6.45, 7) is 4.21. The Hall–Kier alpha value is -1.41. The third-order valence-electron chi connectivity index (χ3n) is 2.80. The van der Waals surface area contributed by atoms with Crippen LogP contribution in [0.5, 0.6) is 0 Å². The fourth-order valence-corrected chi connectivity index (χ4v) is 1.83. The van der Waals surface area contributed by atoms with Crippen molar-refractivity contribution in [2.45, 2.75) is 13.8 Å². The zero-order valence-corrected chi connectivity index (χ0v) is 11.5. The predicted octanol–water partition coefficient (Wildman–Crippen LogP) is 4.82. The Balaban J connectivity index is 2.26. The molecule has 2 heteroatoms. The number of hydrogen-bond acceptors (Lipinski definition) is 1. The molecule has 0 saturated heterocycles. The maximum Gasteiger partial charge on any atom is 0.0661 e. The van der Waals surface area contributed by atoms with Crippen LogP contribution in [-0.4, -0.2) is 6.21 Å². The molecule has 0 aliphatic rings. The van der Waals surface area contributed by atoms with Crippen LogP contribution in [0.2, 0.25) is 0 Å². The van der Waals surface area contributed by atoms with E-state index in [9.17, 15) is 0 Å². The minimum atomic E-state index is 1.04. The summed E-state index contributed by atoms with van der Waals surface area (Å²) in [5.41, 5.74) is 4.65. The minimum absolute atomic E-state index is 1.04. The number of nitrogens with zero attached hydrogens (tertiary/aromatic N) is 1. The van der Waals surface area contributed by atoms with Gasteiger partial charge in [-0.25, -0.2) is 0 Å². The lowest BCUT2D eigenvalue weighted by Gasteiger charge is -2.02. The predicted molar refractivity (Wildman–Crippen MR) is 77.3 cm³/mol. The molecule has 0 atom stereocenters. The average molecular weight is 288 g/mol. The van der Waals surface area contributed by atoms with Crippen molar-refractivity contribution in [1.82, 2.24) is 0 Å². The fraction of sp³-hybridized carbons (Fsp3) is 0.133. The molecule has 0 fully saturated rings. The lowest BCUT2D eigenvalue weighted by atomic mass is 10.1. The third kappa shape index (κ3) is 3.04. The number of halogens is 1. The van der Waals surface area contributed by atoms with Gasteiger partial charge in [-0.15, -0.1) is 0 Å². The molecule has 0 amide bonds. The normalized spacial score (nSPS) is 11.0. The van der Waals surface area contributed by atoms with E-state index in [-0.39, 0.29) is 0 Å². The van der Waals surface area contributed by atoms with Crippen molar-refractivity contribution in [3.8, 4) is 0 Å². The molecular formula is C15H14BrN. The van der Waals surface area contributed by atoms with Gasteiger partial charge in [-0.05, 0) is 48.7 Å². The minimum Gasteiger partial charge on any atom is -0.256 e. The molecule has 2 aromatic rings. The van der Waals surface area contributed by atoms with Gasteiger partial charge in [0.15, 0.2) is 0 Å². The summed E-state index contributed by atoms with van der Waals surface area (Å²) in [4.78, 5) is 4.53. The molecule has 0 N–H and O–H groups in total. The summed E-state index contributed by atoms with van der Waals surface area (Å²) >= 11 is 3.42. The van der Waals surface area contributed by atoms with Crippen LogP contribution in [0.25, 0.3) is 0 Å². The molecule has 0 radical (unpaired) electrons. The molecule has 0 bridgehead atoms. The van der Waals surface area contributed by atoms with Crippen molar-refractivity contribution in [1.29, 1.82) is 0 Å². The van der Waals surface area contributed by atoms with E-state index in [4.69, 9.17) is 0 Å². The first-order chi connectivity index (χ1) is 8.16. The zero-order chi connectivity index (χ0) is 12.3. The van der Waals surface area contributed by atoms with Gasteiger partial charge in [0.2, 0.25) is 0 Å². The Morgan fingerprint density at radius 3 is 2.41 bits per heavy atom. The van der Waals surface area contributed by atoms with Crippen LogP contribution in [0, 0.1) is 13.8 Å². The van der Waals surface area contributed by atoms with E-state index in [2.05, 4.69) is 40.8 Å². The highest BCUT2D eigenvalue weighted by Gasteiger charge is 1.97. The van der Waals surface area contributed by atoms with Gasteiger partial charge in [-0.3, -0.25) is 4.99 Å². The van der Waals surface area contributed by atoms with Crippen molar-refractivity contribution >= 4 is 27.8 Å². The first-order valence-corrected chi connectivity index (χ1v) is 6.32. The number of benzene rings is 2. The van der Waals surface area contributed by atoms with E-state index in [1.165, 1.54) is 11.1 Å². The molecule has 0 aliphatic heterocycles. The molecule has 0 unspecified atom stereocenters. The first-order valence-electron chi connectivity index (χ1n) is 5.52. The first kappa shape index (κ1) is 12.1. The summed E-state index contributed by atoms with van der Waals surface area (Å²) in [5, 5.41) is 0. The highest BCUT2D eigenvalue weighted by Crippen LogP contribution is 2.21. The second-order valence-corrected chi connectivity index (χ2v) is 4.94. The largest absolute Gasteiger partial charge is 0.256 e. The second-order valence-electron chi connectivity index (χ2n) is 4.03. The van der Waals surface area contributed by atoms with Gasteiger partial charge in [-0.1, -0.05) is 40.2 Å². The van der Waals surface area contributed by atoms with Crippen molar-refractivity contribution in [3.63, 3.8) is 0 Å². The van der Waals surface area contributed by atoms with Crippen molar-refractivity contribution in [2.75, 3.05) is 0 Å².